The Hall–Kier alpha value is -2.07. The molecular formula is C17H22N2O2. The molecule has 0 saturated carbocycles. The summed E-state index contributed by atoms with van der Waals surface area (Å²) in [6.07, 6.45) is 2.50. The van der Waals surface area contributed by atoms with Gasteiger partial charge in [-0.05, 0) is 44.0 Å². The number of ether oxygens (including phenoxy) is 2. The van der Waals surface area contributed by atoms with E-state index < -0.39 is 0 Å². The minimum atomic E-state index is 0.0991. The highest BCUT2D eigenvalue weighted by Gasteiger charge is 2.09. The SMILES string of the molecule is COc1ncccc1COc1ccc(C)cc1CC(C)N. The summed E-state index contributed by atoms with van der Waals surface area (Å²) in [5, 5.41) is 0. The lowest BCUT2D eigenvalue weighted by molar-refractivity contribution is 0.290. The zero-order chi connectivity index (χ0) is 15.2. The fraction of sp³-hybridized carbons (Fsp3) is 0.353. The van der Waals surface area contributed by atoms with E-state index in [1.54, 1.807) is 13.3 Å². The Balaban J connectivity index is 2.16. The van der Waals surface area contributed by atoms with Gasteiger partial charge in [-0.25, -0.2) is 4.98 Å². The predicted molar refractivity (Wildman–Crippen MR) is 83.7 cm³/mol. The average Bonchev–Trinajstić information content (AvgIpc) is 2.46. The van der Waals surface area contributed by atoms with Crippen LogP contribution in [0, 0.1) is 6.92 Å². The molecule has 0 aliphatic carbocycles. The quantitative estimate of drug-likeness (QED) is 0.887. The fourth-order valence-electron chi connectivity index (χ4n) is 2.23. The number of benzene rings is 1. The Kier molecular flexibility index (Phi) is 5.17. The number of nitrogens with two attached hydrogens (primary N) is 1. The Morgan fingerprint density at radius 3 is 2.76 bits per heavy atom. The summed E-state index contributed by atoms with van der Waals surface area (Å²) in [6.45, 7) is 4.49. The maximum absolute atomic E-state index is 5.95. The molecule has 1 atom stereocenters. The molecule has 4 heteroatoms. The molecule has 112 valence electrons. The van der Waals surface area contributed by atoms with Crippen LogP contribution in [-0.2, 0) is 13.0 Å². The summed E-state index contributed by atoms with van der Waals surface area (Å²) >= 11 is 0. The van der Waals surface area contributed by atoms with E-state index in [1.165, 1.54) is 5.56 Å². The van der Waals surface area contributed by atoms with Gasteiger partial charge in [-0.3, -0.25) is 0 Å². The second kappa shape index (κ2) is 7.09. The smallest absolute Gasteiger partial charge is 0.219 e. The van der Waals surface area contributed by atoms with E-state index in [1.807, 2.05) is 31.2 Å². The molecule has 1 heterocycles. The van der Waals surface area contributed by atoms with Gasteiger partial charge in [0.25, 0.3) is 0 Å². The molecule has 0 aliphatic heterocycles. The van der Waals surface area contributed by atoms with Gasteiger partial charge in [0.15, 0.2) is 0 Å². The highest BCUT2D eigenvalue weighted by atomic mass is 16.5. The molecule has 0 amide bonds. The monoisotopic (exact) mass is 286 g/mol. The molecule has 0 radical (unpaired) electrons. The topological polar surface area (TPSA) is 57.4 Å². The van der Waals surface area contributed by atoms with Gasteiger partial charge in [0.05, 0.1) is 12.7 Å². The lowest BCUT2D eigenvalue weighted by atomic mass is 10.0. The van der Waals surface area contributed by atoms with Crippen molar-refractivity contribution in [2.24, 2.45) is 5.73 Å². The number of hydrogen-bond acceptors (Lipinski definition) is 4. The van der Waals surface area contributed by atoms with E-state index in [-0.39, 0.29) is 6.04 Å². The van der Waals surface area contributed by atoms with Crippen LogP contribution >= 0.6 is 0 Å². The number of pyridine rings is 1. The minimum Gasteiger partial charge on any atom is -0.488 e. The van der Waals surface area contributed by atoms with Crippen molar-refractivity contribution in [3.05, 3.63) is 53.2 Å². The minimum absolute atomic E-state index is 0.0991. The molecule has 1 unspecified atom stereocenters. The summed E-state index contributed by atoms with van der Waals surface area (Å²) in [5.41, 5.74) is 9.17. The molecule has 2 N–H and O–H groups in total. The zero-order valence-electron chi connectivity index (χ0n) is 12.8. The molecule has 2 rings (SSSR count). The average molecular weight is 286 g/mol. The maximum atomic E-state index is 5.95. The molecule has 4 nitrogen and oxygen atoms in total. The second-order valence-corrected chi connectivity index (χ2v) is 5.25. The molecule has 21 heavy (non-hydrogen) atoms. The van der Waals surface area contributed by atoms with Crippen molar-refractivity contribution in [1.29, 1.82) is 0 Å². The Morgan fingerprint density at radius 1 is 1.24 bits per heavy atom. The number of rotatable bonds is 6. The molecular weight excluding hydrogens is 264 g/mol. The number of methoxy groups -OCH3 is 1. The number of hydrogen-bond donors (Lipinski definition) is 1. The van der Waals surface area contributed by atoms with Crippen LogP contribution in [-0.4, -0.2) is 18.1 Å². The van der Waals surface area contributed by atoms with Crippen molar-refractivity contribution in [2.45, 2.75) is 32.9 Å². The summed E-state index contributed by atoms with van der Waals surface area (Å²) in [6, 6.07) is 10.1. The normalized spacial score (nSPS) is 12.0. The van der Waals surface area contributed by atoms with Gasteiger partial charge in [-0.2, -0.15) is 0 Å². The van der Waals surface area contributed by atoms with Gasteiger partial charge >= 0.3 is 0 Å². The second-order valence-electron chi connectivity index (χ2n) is 5.25. The van der Waals surface area contributed by atoms with Crippen LogP contribution in [0.4, 0.5) is 0 Å². The summed E-state index contributed by atoms with van der Waals surface area (Å²) < 4.78 is 11.2. The van der Waals surface area contributed by atoms with E-state index >= 15 is 0 Å². The Morgan fingerprint density at radius 2 is 2.05 bits per heavy atom. The van der Waals surface area contributed by atoms with Crippen molar-refractivity contribution >= 4 is 0 Å². The highest BCUT2D eigenvalue weighted by Crippen LogP contribution is 2.24. The Labute approximate surface area is 125 Å². The van der Waals surface area contributed by atoms with Crippen molar-refractivity contribution in [3.8, 4) is 11.6 Å². The zero-order valence-corrected chi connectivity index (χ0v) is 12.8. The van der Waals surface area contributed by atoms with Crippen LogP contribution in [0.5, 0.6) is 11.6 Å². The standard InChI is InChI=1S/C17H22N2O2/c1-12-6-7-16(15(9-12)10-13(2)18)21-11-14-5-4-8-19-17(14)20-3/h4-9,13H,10-11,18H2,1-3H3. The Bertz CT molecular complexity index is 597. The van der Waals surface area contributed by atoms with Crippen LogP contribution in [0.25, 0.3) is 0 Å². The van der Waals surface area contributed by atoms with Crippen molar-refractivity contribution in [2.75, 3.05) is 7.11 Å². The van der Waals surface area contributed by atoms with Crippen molar-refractivity contribution in [1.82, 2.24) is 4.98 Å². The van der Waals surface area contributed by atoms with Gasteiger partial charge in [0, 0.05) is 12.2 Å². The molecule has 0 bridgehead atoms. The van der Waals surface area contributed by atoms with Crippen LogP contribution < -0.4 is 15.2 Å². The lowest BCUT2D eigenvalue weighted by Gasteiger charge is -2.15. The van der Waals surface area contributed by atoms with Gasteiger partial charge < -0.3 is 15.2 Å². The predicted octanol–water partition coefficient (Wildman–Crippen LogP) is 2.87. The van der Waals surface area contributed by atoms with Gasteiger partial charge in [0.1, 0.15) is 12.4 Å². The number of aromatic nitrogens is 1. The fourth-order valence-corrected chi connectivity index (χ4v) is 2.23. The van der Waals surface area contributed by atoms with E-state index in [0.29, 0.717) is 12.5 Å². The lowest BCUT2D eigenvalue weighted by Crippen LogP contribution is -2.18. The molecule has 1 aromatic heterocycles. The highest BCUT2D eigenvalue weighted by molar-refractivity contribution is 5.38. The number of nitrogens with zero attached hydrogens (tertiary/aromatic N) is 1. The van der Waals surface area contributed by atoms with Gasteiger partial charge in [-0.15, -0.1) is 0 Å². The largest absolute Gasteiger partial charge is 0.488 e. The van der Waals surface area contributed by atoms with Crippen molar-refractivity contribution < 1.29 is 9.47 Å². The van der Waals surface area contributed by atoms with E-state index in [2.05, 4.69) is 18.0 Å². The summed E-state index contributed by atoms with van der Waals surface area (Å²) in [4.78, 5) is 4.17. The third-order valence-corrected chi connectivity index (χ3v) is 3.18. The molecule has 1 aromatic carbocycles. The first-order chi connectivity index (χ1) is 10.1. The molecule has 0 spiro atoms. The van der Waals surface area contributed by atoms with Gasteiger partial charge in [0.2, 0.25) is 5.88 Å². The van der Waals surface area contributed by atoms with Crippen LogP contribution in [0.2, 0.25) is 0 Å². The summed E-state index contributed by atoms with van der Waals surface area (Å²) in [7, 11) is 1.61. The number of aryl methyl sites for hydroxylation is 1. The van der Waals surface area contributed by atoms with Crippen LogP contribution in [0.15, 0.2) is 36.5 Å². The van der Waals surface area contributed by atoms with E-state index in [0.717, 1.165) is 23.3 Å². The molecule has 2 aromatic rings. The van der Waals surface area contributed by atoms with E-state index in [4.69, 9.17) is 15.2 Å². The first-order valence-electron chi connectivity index (χ1n) is 7.06. The third-order valence-electron chi connectivity index (χ3n) is 3.18. The maximum Gasteiger partial charge on any atom is 0.219 e. The van der Waals surface area contributed by atoms with Gasteiger partial charge in [-0.1, -0.05) is 17.7 Å². The summed E-state index contributed by atoms with van der Waals surface area (Å²) in [5.74, 6) is 1.46. The van der Waals surface area contributed by atoms with Crippen LogP contribution in [0.1, 0.15) is 23.6 Å². The first-order valence-corrected chi connectivity index (χ1v) is 7.06. The first kappa shape index (κ1) is 15.3. The molecule has 0 fully saturated rings. The van der Waals surface area contributed by atoms with E-state index in [9.17, 15) is 0 Å². The third kappa shape index (κ3) is 4.20. The van der Waals surface area contributed by atoms with Crippen molar-refractivity contribution in [3.63, 3.8) is 0 Å². The molecule has 0 aliphatic rings. The van der Waals surface area contributed by atoms with Crippen LogP contribution in [0.3, 0.4) is 0 Å². The molecule has 0 saturated heterocycles.